The third-order valence-corrected chi connectivity index (χ3v) is 6.95. The molecule has 1 atom stereocenters. The number of halogens is 1. The van der Waals surface area contributed by atoms with Crippen LogP contribution in [-0.2, 0) is 0 Å². The Morgan fingerprint density at radius 2 is 1.41 bits per heavy atom. The lowest BCUT2D eigenvalue weighted by molar-refractivity contribution is 0.820. The molecule has 4 aromatic rings. The number of benzene rings is 3. The largest absolute Gasteiger partial charge is 0.372 e. The number of hydrogen-bond acceptors (Lipinski definition) is 3. The lowest BCUT2D eigenvalue weighted by Gasteiger charge is -2.26. The predicted molar refractivity (Wildman–Crippen MR) is 139 cm³/mol. The van der Waals surface area contributed by atoms with Crippen LogP contribution in [0, 0.1) is 0 Å². The van der Waals surface area contributed by atoms with Gasteiger partial charge in [0.25, 0.3) is 0 Å². The summed E-state index contributed by atoms with van der Waals surface area (Å²) in [5.41, 5.74) is 6.97. The summed E-state index contributed by atoms with van der Waals surface area (Å²) in [7, 11) is 0. The molecule has 0 spiro atoms. The van der Waals surface area contributed by atoms with Crippen molar-refractivity contribution in [3.05, 3.63) is 105 Å². The molecule has 0 aliphatic carbocycles. The summed E-state index contributed by atoms with van der Waals surface area (Å²) < 4.78 is 0. The van der Waals surface area contributed by atoms with Crippen molar-refractivity contribution in [1.82, 2.24) is 4.98 Å². The maximum atomic E-state index is 6.45. The lowest BCUT2D eigenvalue weighted by Crippen LogP contribution is -2.16. The van der Waals surface area contributed by atoms with Gasteiger partial charge in [-0.25, -0.2) is 4.98 Å². The molecule has 4 rings (SSSR count). The summed E-state index contributed by atoms with van der Waals surface area (Å²) >= 11 is 8.13. The minimum Gasteiger partial charge on any atom is -0.372 e. The maximum Gasteiger partial charge on any atom is 0.120 e. The van der Waals surface area contributed by atoms with Gasteiger partial charge in [0.1, 0.15) is 11.0 Å². The van der Waals surface area contributed by atoms with Crippen molar-refractivity contribution in [3.63, 3.8) is 0 Å². The minimum atomic E-state index is -0.0464. The second kappa shape index (κ2) is 9.89. The number of hydrogen-bond donors (Lipinski definition) is 1. The van der Waals surface area contributed by atoms with Crippen LogP contribution < -0.4 is 5.32 Å². The Hall–Kier alpha value is -2.62. The van der Waals surface area contributed by atoms with Crippen molar-refractivity contribution in [1.29, 1.82) is 0 Å². The normalized spacial score (nSPS) is 12.3. The van der Waals surface area contributed by atoms with E-state index in [2.05, 4.69) is 86.9 Å². The first-order chi connectivity index (χ1) is 15.5. The van der Waals surface area contributed by atoms with Gasteiger partial charge in [0, 0.05) is 21.7 Å². The first kappa shape index (κ1) is 22.6. The van der Waals surface area contributed by atoms with Crippen LogP contribution in [-0.4, -0.2) is 4.98 Å². The SMILES string of the molecule is CC(C)c1cccc(C(C)C)c1NC(c1ccccc1)c1nc(-c2ccccc2Cl)cs1. The van der Waals surface area contributed by atoms with Crippen molar-refractivity contribution in [2.45, 2.75) is 45.6 Å². The van der Waals surface area contributed by atoms with Gasteiger partial charge in [0.05, 0.1) is 5.69 Å². The Bertz CT molecular complexity index is 1150. The maximum absolute atomic E-state index is 6.45. The molecule has 0 saturated carbocycles. The third-order valence-electron chi connectivity index (χ3n) is 5.71. The van der Waals surface area contributed by atoms with Gasteiger partial charge in [0.2, 0.25) is 0 Å². The quantitative estimate of drug-likeness (QED) is 0.297. The van der Waals surface area contributed by atoms with E-state index in [1.54, 1.807) is 11.3 Å². The smallest absolute Gasteiger partial charge is 0.120 e. The van der Waals surface area contributed by atoms with Gasteiger partial charge < -0.3 is 5.32 Å². The highest BCUT2D eigenvalue weighted by Gasteiger charge is 2.23. The molecule has 2 nitrogen and oxygen atoms in total. The molecular weight excluding hydrogens is 432 g/mol. The summed E-state index contributed by atoms with van der Waals surface area (Å²) in [6.45, 7) is 9.00. The van der Waals surface area contributed by atoms with Crippen molar-refractivity contribution >= 4 is 28.6 Å². The zero-order valence-electron chi connectivity index (χ0n) is 19.0. The van der Waals surface area contributed by atoms with Gasteiger partial charge in [-0.3, -0.25) is 0 Å². The monoisotopic (exact) mass is 460 g/mol. The predicted octanol–water partition coefficient (Wildman–Crippen LogP) is 8.91. The van der Waals surface area contributed by atoms with E-state index in [4.69, 9.17) is 16.6 Å². The highest BCUT2D eigenvalue weighted by Crippen LogP contribution is 2.38. The van der Waals surface area contributed by atoms with E-state index in [-0.39, 0.29) is 6.04 Å². The average molecular weight is 461 g/mol. The Morgan fingerprint density at radius 3 is 2.03 bits per heavy atom. The van der Waals surface area contributed by atoms with Crippen LogP contribution >= 0.6 is 22.9 Å². The molecular formula is C28H29ClN2S. The molecule has 1 heterocycles. The van der Waals surface area contributed by atoms with Gasteiger partial charge >= 0.3 is 0 Å². The Balaban J connectivity index is 1.81. The zero-order valence-corrected chi connectivity index (χ0v) is 20.5. The topological polar surface area (TPSA) is 24.9 Å². The molecule has 0 aliphatic heterocycles. The van der Waals surface area contributed by atoms with E-state index in [9.17, 15) is 0 Å². The summed E-state index contributed by atoms with van der Waals surface area (Å²) in [5.74, 6) is 0.838. The summed E-state index contributed by atoms with van der Waals surface area (Å²) in [6.07, 6.45) is 0. The second-order valence-corrected chi connectivity index (χ2v) is 9.96. The minimum absolute atomic E-state index is 0.0464. The molecule has 3 aromatic carbocycles. The van der Waals surface area contributed by atoms with E-state index in [1.165, 1.54) is 22.4 Å². The van der Waals surface area contributed by atoms with E-state index >= 15 is 0 Å². The Kier molecular flexibility index (Phi) is 6.98. The second-order valence-electron chi connectivity index (χ2n) is 8.66. The van der Waals surface area contributed by atoms with Gasteiger partial charge in [0.15, 0.2) is 0 Å². The fourth-order valence-corrected chi connectivity index (χ4v) is 5.13. The van der Waals surface area contributed by atoms with Gasteiger partial charge in [-0.15, -0.1) is 11.3 Å². The molecule has 32 heavy (non-hydrogen) atoms. The third kappa shape index (κ3) is 4.74. The van der Waals surface area contributed by atoms with Crippen LogP contribution in [0.4, 0.5) is 5.69 Å². The van der Waals surface area contributed by atoms with Crippen molar-refractivity contribution in [2.24, 2.45) is 0 Å². The fourth-order valence-electron chi connectivity index (χ4n) is 4.01. The molecule has 1 N–H and O–H groups in total. The van der Waals surface area contributed by atoms with Gasteiger partial charge in [-0.2, -0.15) is 0 Å². The van der Waals surface area contributed by atoms with Crippen molar-refractivity contribution < 1.29 is 0 Å². The molecule has 0 saturated heterocycles. The highest BCUT2D eigenvalue weighted by atomic mass is 35.5. The molecule has 1 unspecified atom stereocenters. The van der Waals surface area contributed by atoms with E-state index in [0.717, 1.165) is 21.3 Å². The molecule has 4 heteroatoms. The molecule has 1 aromatic heterocycles. The Labute approximate surface area is 200 Å². The fraction of sp³-hybridized carbons (Fsp3) is 0.250. The first-order valence-corrected chi connectivity index (χ1v) is 12.4. The zero-order chi connectivity index (χ0) is 22.7. The van der Waals surface area contributed by atoms with Crippen molar-refractivity contribution in [2.75, 3.05) is 5.32 Å². The lowest BCUT2D eigenvalue weighted by atomic mass is 9.92. The Morgan fingerprint density at radius 1 is 0.781 bits per heavy atom. The van der Waals surface area contributed by atoms with Crippen LogP contribution in [0.3, 0.4) is 0 Å². The number of rotatable bonds is 7. The molecule has 0 amide bonds. The van der Waals surface area contributed by atoms with Crippen molar-refractivity contribution in [3.8, 4) is 11.3 Å². The highest BCUT2D eigenvalue weighted by molar-refractivity contribution is 7.10. The van der Waals surface area contributed by atoms with E-state index in [0.29, 0.717) is 11.8 Å². The number of aromatic nitrogens is 1. The van der Waals surface area contributed by atoms with Crippen LogP contribution in [0.2, 0.25) is 5.02 Å². The standard InChI is InChI=1S/C28H29ClN2S/c1-18(2)21-14-10-15-22(19(3)4)27(21)31-26(20-11-6-5-7-12-20)28-30-25(17-32-28)23-13-8-9-16-24(23)29/h5-19,26,31H,1-4H3. The number of nitrogens with one attached hydrogen (secondary N) is 1. The van der Waals surface area contributed by atoms with Crippen LogP contribution in [0.5, 0.6) is 0 Å². The van der Waals surface area contributed by atoms with Gasteiger partial charge in [-0.05, 0) is 34.6 Å². The number of anilines is 1. The molecule has 0 radical (unpaired) electrons. The first-order valence-electron chi connectivity index (χ1n) is 11.1. The molecule has 0 aliphatic rings. The summed E-state index contributed by atoms with van der Waals surface area (Å²) in [4.78, 5) is 5.03. The summed E-state index contributed by atoms with van der Waals surface area (Å²) in [5, 5.41) is 7.76. The van der Waals surface area contributed by atoms with E-state index < -0.39 is 0 Å². The van der Waals surface area contributed by atoms with E-state index in [1.807, 2.05) is 24.3 Å². The number of para-hydroxylation sites is 1. The number of nitrogens with zero attached hydrogens (tertiary/aromatic N) is 1. The van der Waals surface area contributed by atoms with Crippen LogP contribution in [0.1, 0.15) is 67.3 Å². The van der Waals surface area contributed by atoms with Crippen LogP contribution in [0.25, 0.3) is 11.3 Å². The molecule has 0 fully saturated rings. The molecule has 164 valence electrons. The van der Waals surface area contributed by atoms with Crippen LogP contribution in [0.15, 0.2) is 78.2 Å². The average Bonchev–Trinajstić information content (AvgIpc) is 3.27. The van der Waals surface area contributed by atoms with Gasteiger partial charge in [-0.1, -0.05) is 106 Å². The molecule has 0 bridgehead atoms. The summed E-state index contributed by atoms with van der Waals surface area (Å²) in [6, 6.07) is 25.0. The number of thiazole rings is 1.